The molecular weight excluding hydrogens is 374 g/mol. The van der Waals surface area contributed by atoms with Crippen molar-refractivity contribution in [2.75, 3.05) is 12.4 Å². The van der Waals surface area contributed by atoms with Crippen LogP contribution in [0.4, 0.5) is 9.93 Å². The molecule has 2 amide bonds. The highest BCUT2D eigenvalue weighted by molar-refractivity contribution is 7.15. The highest BCUT2D eigenvalue weighted by Gasteiger charge is 2.32. The van der Waals surface area contributed by atoms with Crippen LogP contribution in [0.2, 0.25) is 0 Å². The number of carbonyl (C=O) groups excluding carboxylic acids is 2. The maximum Gasteiger partial charge on any atom is 0.324 e. The molecule has 1 heterocycles. The number of urea groups is 1. The van der Waals surface area contributed by atoms with Gasteiger partial charge < -0.3 is 9.64 Å². The maximum absolute atomic E-state index is 13.2. The molecular formula is C21H33N3O3S. The molecule has 0 aliphatic heterocycles. The average molecular weight is 408 g/mol. The van der Waals surface area contributed by atoms with Crippen molar-refractivity contribution in [3.63, 3.8) is 0 Å². The van der Waals surface area contributed by atoms with Crippen LogP contribution < -0.4 is 5.32 Å². The van der Waals surface area contributed by atoms with Crippen molar-refractivity contribution >= 4 is 28.5 Å². The summed E-state index contributed by atoms with van der Waals surface area (Å²) < 4.78 is 4.67. The molecule has 2 aliphatic carbocycles. The van der Waals surface area contributed by atoms with Gasteiger partial charge in [0.1, 0.15) is 0 Å². The van der Waals surface area contributed by atoms with Crippen molar-refractivity contribution in [3.8, 4) is 0 Å². The van der Waals surface area contributed by atoms with Crippen LogP contribution in [-0.4, -0.2) is 41.1 Å². The Hall–Kier alpha value is -1.63. The first-order valence-electron chi connectivity index (χ1n) is 10.8. The Morgan fingerprint density at radius 3 is 2.29 bits per heavy atom. The van der Waals surface area contributed by atoms with Gasteiger partial charge in [-0.2, -0.15) is 0 Å². The molecule has 0 saturated heterocycles. The summed E-state index contributed by atoms with van der Waals surface area (Å²) in [7, 11) is 1.41. The van der Waals surface area contributed by atoms with Gasteiger partial charge in [-0.3, -0.25) is 10.1 Å². The van der Waals surface area contributed by atoms with E-state index in [0.29, 0.717) is 23.6 Å². The first kappa shape index (κ1) is 21.1. The molecule has 0 bridgehead atoms. The third-order valence-electron chi connectivity index (χ3n) is 5.97. The average Bonchev–Trinajstić information content (AvgIpc) is 3.16. The SMILES string of the molecule is COC(=O)CCCc1cnc(NC(=O)N(C2CCCCC2)C2CCCCC2)s1. The second-order valence-electron chi connectivity index (χ2n) is 7.98. The molecule has 7 heteroatoms. The lowest BCUT2D eigenvalue weighted by atomic mass is 9.89. The molecule has 1 N–H and O–H groups in total. The maximum atomic E-state index is 13.2. The molecule has 0 atom stereocenters. The molecule has 0 spiro atoms. The van der Waals surface area contributed by atoms with Crippen LogP contribution in [0.5, 0.6) is 0 Å². The topological polar surface area (TPSA) is 71.5 Å². The van der Waals surface area contributed by atoms with Crippen LogP contribution in [0.15, 0.2) is 6.20 Å². The second-order valence-corrected chi connectivity index (χ2v) is 9.10. The molecule has 1 aromatic rings. The number of hydrogen-bond acceptors (Lipinski definition) is 5. The van der Waals surface area contributed by atoms with E-state index < -0.39 is 0 Å². The number of rotatable bonds is 7. The van der Waals surface area contributed by atoms with E-state index in [1.165, 1.54) is 57.0 Å². The van der Waals surface area contributed by atoms with Gasteiger partial charge in [0.25, 0.3) is 0 Å². The van der Waals surface area contributed by atoms with E-state index in [9.17, 15) is 9.59 Å². The van der Waals surface area contributed by atoms with Crippen molar-refractivity contribution in [2.45, 2.75) is 95.6 Å². The quantitative estimate of drug-likeness (QED) is 0.635. The summed E-state index contributed by atoms with van der Waals surface area (Å²) in [5.74, 6) is -0.186. The van der Waals surface area contributed by atoms with Gasteiger partial charge in [-0.05, 0) is 38.5 Å². The normalized spacial score (nSPS) is 18.6. The Morgan fingerprint density at radius 1 is 1.11 bits per heavy atom. The molecule has 28 heavy (non-hydrogen) atoms. The third-order valence-corrected chi connectivity index (χ3v) is 6.94. The van der Waals surface area contributed by atoms with Crippen LogP contribution in [-0.2, 0) is 16.0 Å². The van der Waals surface area contributed by atoms with Gasteiger partial charge >= 0.3 is 12.0 Å². The predicted molar refractivity (Wildman–Crippen MR) is 112 cm³/mol. The van der Waals surface area contributed by atoms with E-state index in [1.54, 1.807) is 0 Å². The lowest BCUT2D eigenvalue weighted by molar-refractivity contribution is -0.140. The Labute approximate surface area is 172 Å². The van der Waals surface area contributed by atoms with Gasteiger partial charge in [0, 0.05) is 29.6 Å². The zero-order valence-corrected chi connectivity index (χ0v) is 17.8. The lowest BCUT2D eigenvalue weighted by Gasteiger charge is -2.41. The second kappa shape index (κ2) is 10.8. The van der Waals surface area contributed by atoms with Gasteiger partial charge in [0.05, 0.1) is 7.11 Å². The molecule has 2 aliphatic rings. The summed E-state index contributed by atoms with van der Waals surface area (Å²) >= 11 is 1.51. The number of esters is 1. The van der Waals surface area contributed by atoms with Crippen LogP contribution in [0.3, 0.4) is 0 Å². The van der Waals surface area contributed by atoms with Gasteiger partial charge in [-0.1, -0.05) is 38.5 Å². The zero-order valence-electron chi connectivity index (χ0n) is 17.0. The predicted octanol–water partition coefficient (Wildman–Crippen LogP) is 5.14. The Morgan fingerprint density at radius 2 is 1.71 bits per heavy atom. The molecule has 3 rings (SSSR count). The summed E-state index contributed by atoms with van der Waals surface area (Å²) in [5.41, 5.74) is 0. The number of amides is 2. The van der Waals surface area contributed by atoms with Gasteiger partial charge in [0.2, 0.25) is 0 Å². The van der Waals surface area contributed by atoms with Crippen LogP contribution in [0.1, 0.15) is 81.9 Å². The molecule has 0 unspecified atom stereocenters. The monoisotopic (exact) mass is 407 g/mol. The number of methoxy groups -OCH3 is 1. The van der Waals surface area contributed by atoms with Crippen molar-refractivity contribution in [3.05, 3.63) is 11.1 Å². The Bertz CT molecular complexity index is 619. The number of carbonyl (C=O) groups is 2. The van der Waals surface area contributed by atoms with E-state index in [1.807, 2.05) is 6.20 Å². The molecule has 6 nitrogen and oxygen atoms in total. The number of ether oxygens (including phenoxy) is 1. The number of thiazole rings is 1. The molecule has 1 aromatic heterocycles. The van der Waals surface area contributed by atoms with Gasteiger partial charge in [-0.15, -0.1) is 11.3 Å². The smallest absolute Gasteiger partial charge is 0.324 e. The summed E-state index contributed by atoms with van der Waals surface area (Å²) in [6, 6.07) is 0.766. The summed E-state index contributed by atoms with van der Waals surface area (Å²) in [5, 5.41) is 3.73. The van der Waals surface area contributed by atoms with E-state index >= 15 is 0 Å². The van der Waals surface area contributed by atoms with E-state index in [2.05, 4.69) is 19.9 Å². The first-order valence-corrected chi connectivity index (χ1v) is 11.6. The van der Waals surface area contributed by atoms with Crippen LogP contribution >= 0.6 is 11.3 Å². The summed E-state index contributed by atoms with van der Waals surface area (Å²) in [6.45, 7) is 0. The van der Waals surface area contributed by atoms with Gasteiger partial charge in [-0.25, -0.2) is 9.78 Å². The van der Waals surface area contributed by atoms with E-state index in [-0.39, 0.29) is 12.0 Å². The Kier molecular flexibility index (Phi) is 8.13. The van der Waals surface area contributed by atoms with Crippen LogP contribution in [0, 0.1) is 0 Å². The largest absolute Gasteiger partial charge is 0.469 e. The zero-order chi connectivity index (χ0) is 19.8. The van der Waals surface area contributed by atoms with E-state index in [0.717, 1.165) is 43.4 Å². The highest BCUT2D eigenvalue weighted by atomic mass is 32.1. The number of aromatic nitrogens is 1. The summed E-state index contributed by atoms with van der Waals surface area (Å²) in [4.78, 5) is 32.1. The summed E-state index contributed by atoms with van der Waals surface area (Å²) in [6.07, 6.45) is 15.7. The number of hydrogen-bond donors (Lipinski definition) is 1. The molecule has 2 fully saturated rings. The number of nitrogens with one attached hydrogen (secondary N) is 1. The number of anilines is 1. The fourth-order valence-corrected chi connectivity index (χ4v) is 5.34. The fraction of sp³-hybridized carbons (Fsp3) is 0.762. The standard InChI is InChI=1S/C21H33N3O3S/c1-27-19(25)14-8-13-18-15-22-20(28-18)23-21(26)24(16-9-4-2-5-10-16)17-11-6-3-7-12-17/h15-17H,2-14H2,1H3,(H,22,23,26). The third kappa shape index (κ3) is 5.93. The molecule has 0 aromatic carbocycles. The number of aryl methyl sites for hydroxylation is 1. The Balaban J connectivity index is 1.59. The molecule has 156 valence electrons. The molecule has 2 saturated carbocycles. The minimum atomic E-state index is -0.186. The van der Waals surface area contributed by atoms with Crippen LogP contribution in [0.25, 0.3) is 0 Å². The first-order chi connectivity index (χ1) is 13.7. The van der Waals surface area contributed by atoms with Crippen molar-refractivity contribution in [1.82, 2.24) is 9.88 Å². The highest BCUT2D eigenvalue weighted by Crippen LogP contribution is 2.31. The van der Waals surface area contributed by atoms with Crippen molar-refractivity contribution < 1.29 is 14.3 Å². The van der Waals surface area contributed by atoms with E-state index in [4.69, 9.17) is 0 Å². The minimum absolute atomic E-state index is 0.0225. The fourth-order valence-electron chi connectivity index (χ4n) is 4.49. The number of nitrogens with zero attached hydrogens (tertiary/aromatic N) is 2. The van der Waals surface area contributed by atoms with Crippen molar-refractivity contribution in [1.29, 1.82) is 0 Å². The minimum Gasteiger partial charge on any atom is -0.469 e. The molecule has 0 radical (unpaired) electrons. The van der Waals surface area contributed by atoms with Gasteiger partial charge in [0.15, 0.2) is 5.13 Å². The lowest BCUT2D eigenvalue weighted by Crippen LogP contribution is -2.50. The van der Waals surface area contributed by atoms with Crippen molar-refractivity contribution in [2.24, 2.45) is 0 Å².